The topological polar surface area (TPSA) is 37.3 Å². The monoisotopic (exact) mass is 278 g/mol. The number of hydrogen-bond donors (Lipinski definition) is 1. The van der Waals surface area contributed by atoms with Crippen LogP contribution in [0.25, 0.3) is 0 Å². The van der Waals surface area contributed by atoms with Crippen molar-refractivity contribution in [2.45, 2.75) is 84.0 Å². The normalized spacial score (nSPS) is 10.4. The Hall–Kier alpha value is -1.23. The summed E-state index contributed by atoms with van der Waals surface area (Å²) in [6, 6.07) is 0. The van der Waals surface area contributed by atoms with Crippen LogP contribution in [0, 0.1) is 11.8 Å². The SMILES string of the molecule is CCCCCC#CC/C=C\CCCCCCCC(=O)O. The van der Waals surface area contributed by atoms with Crippen molar-refractivity contribution < 1.29 is 9.90 Å². The van der Waals surface area contributed by atoms with Crippen LogP contribution in [-0.2, 0) is 4.79 Å². The van der Waals surface area contributed by atoms with Crippen LogP contribution in [0.5, 0.6) is 0 Å². The lowest BCUT2D eigenvalue weighted by Gasteiger charge is -1.97. The Morgan fingerprint density at radius 3 is 2.45 bits per heavy atom. The Morgan fingerprint density at radius 1 is 0.950 bits per heavy atom. The number of rotatable bonds is 12. The maximum atomic E-state index is 10.3. The zero-order valence-corrected chi connectivity index (χ0v) is 13.0. The minimum atomic E-state index is -0.677. The number of carbonyl (C=O) groups is 1. The highest BCUT2D eigenvalue weighted by atomic mass is 16.4. The third kappa shape index (κ3) is 16.8. The maximum Gasteiger partial charge on any atom is 0.303 e. The van der Waals surface area contributed by atoms with Crippen LogP contribution in [-0.4, -0.2) is 11.1 Å². The number of aliphatic carboxylic acids is 1. The fourth-order valence-corrected chi connectivity index (χ4v) is 1.95. The highest BCUT2D eigenvalue weighted by Gasteiger charge is 1.95. The number of hydrogen-bond acceptors (Lipinski definition) is 1. The van der Waals surface area contributed by atoms with Crippen molar-refractivity contribution in [1.82, 2.24) is 0 Å². The molecule has 0 spiro atoms. The summed E-state index contributed by atoms with van der Waals surface area (Å²) in [6.07, 6.45) is 16.9. The van der Waals surface area contributed by atoms with E-state index >= 15 is 0 Å². The summed E-state index contributed by atoms with van der Waals surface area (Å²) >= 11 is 0. The Labute approximate surface area is 124 Å². The van der Waals surface area contributed by atoms with Crippen molar-refractivity contribution in [3.05, 3.63) is 12.2 Å². The minimum absolute atomic E-state index is 0.316. The summed E-state index contributed by atoms with van der Waals surface area (Å²) in [4.78, 5) is 10.3. The molecule has 0 heterocycles. The third-order valence-corrected chi connectivity index (χ3v) is 3.18. The molecule has 0 saturated carbocycles. The number of unbranched alkanes of at least 4 members (excludes halogenated alkanes) is 8. The standard InChI is InChI=1S/C18H30O2/c1-2-3-4-5-6-7-8-9-10-11-12-13-14-15-16-17-18(19)20/h9-10H,2-5,8,11-17H2,1H3,(H,19,20)/b10-9-. The van der Waals surface area contributed by atoms with Crippen LogP contribution in [0.15, 0.2) is 12.2 Å². The van der Waals surface area contributed by atoms with Crippen molar-refractivity contribution >= 4 is 5.97 Å². The van der Waals surface area contributed by atoms with Crippen molar-refractivity contribution in [3.8, 4) is 11.8 Å². The van der Waals surface area contributed by atoms with Crippen molar-refractivity contribution in [1.29, 1.82) is 0 Å². The number of carboxylic acid groups (broad SMARTS) is 1. The zero-order chi connectivity index (χ0) is 14.9. The lowest BCUT2D eigenvalue weighted by molar-refractivity contribution is -0.137. The van der Waals surface area contributed by atoms with Gasteiger partial charge in [0.25, 0.3) is 0 Å². The quantitative estimate of drug-likeness (QED) is 0.297. The second-order valence-electron chi connectivity index (χ2n) is 5.19. The van der Waals surface area contributed by atoms with Gasteiger partial charge in [-0.2, -0.15) is 0 Å². The van der Waals surface area contributed by atoms with Gasteiger partial charge in [0.15, 0.2) is 0 Å². The van der Waals surface area contributed by atoms with E-state index in [0.29, 0.717) is 6.42 Å². The first-order chi connectivity index (χ1) is 9.77. The molecule has 0 aliphatic carbocycles. The molecule has 2 nitrogen and oxygen atoms in total. The second kappa shape index (κ2) is 15.8. The molecule has 0 fully saturated rings. The summed E-state index contributed by atoms with van der Waals surface area (Å²) in [6.45, 7) is 2.21. The zero-order valence-electron chi connectivity index (χ0n) is 13.0. The fraction of sp³-hybridized carbons (Fsp3) is 0.722. The van der Waals surface area contributed by atoms with E-state index < -0.39 is 5.97 Å². The second-order valence-corrected chi connectivity index (χ2v) is 5.19. The van der Waals surface area contributed by atoms with Gasteiger partial charge in [-0.3, -0.25) is 4.79 Å². The van der Waals surface area contributed by atoms with Crippen molar-refractivity contribution in [2.75, 3.05) is 0 Å². The van der Waals surface area contributed by atoms with Crippen LogP contribution in [0.2, 0.25) is 0 Å². The van der Waals surface area contributed by atoms with Crippen LogP contribution in [0.4, 0.5) is 0 Å². The first-order valence-electron chi connectivity index (χ1n) is 8.10. The molecular weight excluding hydrogens is 248 g/mol. The molecule has 2 heteroatoms. The first-order valence-corrected chi connectivity index (χ1v) is 8.10. The molecule has 0 aromatic rings. The maximum absolute atomic E-state index is 10.3. The van der Waals surface area contributed by atoms with Gasteiger partial charge in [0.2, 0.25) is 0 Å². The predicted octanol–water partition coefficient (Wildman–Crippen LogP) is 5.33. The van der Waals surface area contributed by atoms with E-state index in [1.54, 1.807) is 0 Å². The average molecular weight is 278 g/mol. The molecule has 0 radical (unpaired) electrons. The molecular formula is C18H30O2. The molecule has 0 aliphatic rings. The van der Waals surface area contributed by atoms with Gasteiger partial charge in [0.1, 0.15) is 0 Å². The molecule has 0 aromatic heterocycles. The van der Waals surface area contributed by atoms with Gasteiger partial charge in [-0.1, -0.05) is 57.1 Å². The molecule has 0 atom stereocenters. The van der Waals surface area contributed by atoms with Crippen LogP contribution in [0.3, 0.4) is 0 Å². The number of allylic oxidation sites excluding steroid dienone is 2. The van der Waals surface area contributed by atoms with Gasteiger partial charge in [0, 0.05) is 19.3 Å². The highest BCUT2D eigenvalue weighted by Crippen LogP contribution is 2.07. The average Bonchev–Trinajstić information content (AvgIpc) is 2.43. The Kier molecular flexibility index (Phi) is 14.9. The van der Waals surface area contributed by atoms with E-state index in [2.05, 4.69) is 30.9 Å². The van der Waals surface area contributed by atoms with Gasteiger partial charge in [-0.15, -0.1) is 5.92 Å². The van der Waals surface area contributed by atoms with Crippen LogP contribution in [0.1, 0.15) is 84.0 Å². The molecule has 20 heavy (non-hydrogen) atoms. The highest BCUT2D eigenvalue weighted by molar-refractivity contribution is 5.66. The summed E-state index contributed by atoms with van der Waals surface area (Å²) in [5, 5.41) is 8.50. The third-order valence-electron chi connectivity index (χ3n) is 3.18. The molecule has 0 bridgehead atoms. The molecule has 0 unspecified atom stereocenters. The predicted molar refractivity (Wildman–Crippen MR) is 85.6 cm³/mol. The van der Waals surface area contributed by atoms with Gasteiger partial charge in [-0.05, 0) is 25.7 Å². The Balaban J connectivity index is 3.21. The molecule has 0 saturated heterocycles. The molecule has 0 aromatic carbocycles. The smallest absolute Gasteiger partial charge is 0.303 e. The first kappa shape index (κ1) is 18.8. The molecule has 0 amide bonds. The Morgan fingerprint density at radius 2 is 1.70 bits per heavy atom. The lowest BCUT2D eigenvalue weighted by atomic mass is 10.1. The van der Waals surface area contributed by atoms with Crippen molar-refractivity contribution in [2.24, 2.45) is 0 Å². The van der Waals surface area contributed by atoms with E-state index in [4.69, 9.17) is 5.11 Å². The van der Waals surface area contributed by atoms with Gasteiger partial charge >= 0.3 is 5.97 Å². The molecule has 0 rings (SSSR count). The van der Waals surface area contributed by atoms with Gasteiger partial charge in [0.05, 0.1) is 0 Å². The minimum Gasteiger partial charge on any atom is -0.481 e. The largest absolute Gasteiger partial charge is 0.481 e. The summed E-state index contributed by atoms with van der Waals surface area (Å²) in [5.41, 5.74) is 0. The lowest BCUT2D eigenvalue weighted by Crippen LogP contribution is -1.93. The summed E-state index contributed by atoms with van der Waals surface area (Å²) < 4.78 is 0. The van der Waals surface area contributed by atoms with Crippen molar-refractivity contribution in [3.63, 3.8) is 0 Å². The van der Waals surface area contributed by atoms with Gasteiger partial charge in [-0.25, -0.2) is 0 Å². The van der Waals surface area contributed by atoms with E-state index in [1.807, 2.05) is 0 Å². The molecule has 1 N–H and O–H groups in total. The van der Waals surface area contributed by atoms with Crippen LogP contribution < -0.4 is 0 Å². The molecule has 0 aliphatic heterocycles. The van der Waals surface area contributed by atoms with E-state index in [1.165, 1.54) is 32.1 Å². The van der Waals surface area contributed by atoms with E-state index in [0.717, 1.165) is 38.5 Å². The summed E-state index contributed by atoms with van der Waals surface area (Å²) in [5.74, 6) is 5.71. The van der Waals surface area contributed by atoms with Crippen LogP contribution >= 0.6 is 0 Å². The van der Waals surface area contributed by atoms with E-state index in [9.17, 15) is 4.79 Å². The number of carboxylic acids is 1. The van der Waals surface area contributed by atoms with E-state index in [-0.39, 0.29) is 0 Å². The molecule has 114 valence electrons. The fourth-order valence-electron chi connectivity index (χ4n) is 1.95. The van der Waals surface area contributed by atoms with Gasteiger partial charge < -0.3 is 5.11 Å². The summed E-state index contributed by atoms with van der Waals surface area (Å²) in [7, 11) is 0. The Bertz CT molecular complexity index is 307.